The maximum atomic E-state index is 11.9. The number of nitrogens with one attached hydrogen (secondary N) is 1. The van der Waals surface area contributed by atoms with Gasteiger partial charge in [0, 0.05) is 5.56 Å². The third-order valence-corrected chi connectivity index (χ3v) is 3.17. The van der Waals surface area contributed by atoms with E-state index < -0.39 is 17.9 Å². The van der Waals surface area contributed by atoms with Crippen LogP contribution in [0, 0.1) is 0 Å². The molecule has 19 heavy (non-hydrogen) atoms. The van der Waals surface area contributed by atoms with Gasteiger partial charge >= 0.3 is 5.97 Å². The molecule has 1 heterocycles. The fourth-order valence-electron chi connectivity index (χ4n) is 1.58. The van der Waals surface area contributed by atoms with Crippen molar-refractivity contribution in [3.63, 3.8) is 0 Å². The zero-order valence-electron chi connectivity index (χ0n) is 10.1. The van der Waals surface area contributed by atoms with E-state index in [1.807, 2.05) is 0 Å². The Morgan fingerprint density at radius 3 is 2.74 bits per heavy atom. The molecule has 0 aliphatic carbocycles. The van der Waals surface area contributed by atoms with Crippen molar-refractivity contribution in [1.82, 2.24) is 5.32 Å². The number of fused-ring (bicyclic) bond motifs is 1. The van der Waals surface area contributed by atoms with Crippen molar-refractivity contribution in [2.75, 3.05) is 13.2 Å². The van der Waals surface area contributed by atoms with Crippen LogP contribution < -0.4 is 14.8 Å². The van der Waals surface area contributed by atoms with Gasteiger partial charge in [-0.25, -0.2) is 0 Å². The summed E-state index contributed by atoms with van der Waals surface area (Å²) in [5.41, 5.74) is 0.309. The number of carboxylic acid groups (broad SMARTS) is 1. The number of carbonyl (C=O) groups excluding carboxylic acids is 1. The number of halogens is 1. The van der Waals surface area contributed by atoms with Crippen molar-refractivity contribution in [1.29, 1.82) is 0 Å². The molecule has 1 aliphatic heterocycles. The second-order valence-corrected chi connectivity index (χ2v) is 4.87. The van der Waals surface area contributed by atoms with Crippen molar-refractivity contribution in [3.05, 3.63) is 22.2 Å². The molecule has 1 amide bonds. The SMILES string of the molecule is C[C@@H](NC(=O)c1cc(Br)c2c(c1)OCCO2)C(=O)O. The zero-order chi connectivity index (χ0) is 14.0. The summed E-state index contributed by atoms with van der Waals surface area (Å²) < 4.78 is 11.4. The van der Waals surface area contributed by atoms with E-state index in [4.69, 9.17) is 14.6 Å². The van der Waals surface area contributed by atoms with E-state index in [1.165, 1.54) is 13.0 Å². The number of amides is 1. The van der Waals surface area contributed by atoms with Gasteiger partial charge in [0.15, 0.2) is 11.5 Å². The third-order valence-electron chi connectivity index (χ3n) is 2.58. The molecule has 0 saturated heterocycles. The first kappa shape index (κ1) is 13.7. The van der Waals surface area contributed by atoms with Gasteiger partial charge in [-0.1, -0.05) is 0 Å². The van der Waals surface area contributed by atoms with Gasteiger partial charge in [-0.15, -0.1) is 0 Å². The highest BCUT2D eigenvalue weighted by molar-refractivity contribution is 9.10. The minimum absolute atomic E-state index is 0.309. The minimum atomic E-state index is -1.09. The molecule has 0 saturated carbocycles. The zero-order valence-corrected chi connectivity index (χ0v) is 11.7. The number of aliphatic carboxylic acids is 1. The molecule has 0 fully saturated rings. The Bertz CT molecular complexity index is 531. The van der Waals surface area contributed by atoms with Gasteiger partial charge in [0.2, 0.25) is 0 Å². The normalized spacial score (nSPS) is 14.6. The predicted molar refractivity (Wildman–Crippen MR) is 69.7 cm³/mol. The van der Waals surface area contributed by atoms with Crippen LogP contribution >= 0.6 is 15.9 Å². The molecule has 0 aromatic heterocycles. The Labute approximate surface area is 117 Å². The van der Waals surface area contributed by atoms with Crippen LogP contribution in [0.25, 0.3) is 0 Å². The summed E-state index contributed by atoms with van der Waals surface area (Å²) in [6.45, 7) is 2.26. The van der Waals surface area contributed by atoms with Crippen molar-refractivity contribution in [2.45, 2.75) is 13.0 Å². The van der Waals surface area contributed by atoms with E-state index in [0.29, 0.717) is 34.7 Å². The fraction of sp³-hybridized carbons (Fsp3) is 0.333. The molecule has 1 aromatic carbocycles. The Morgan fingerprint density at radius 2 is 2.05 bits per heavy atom. The van der Waals surface area contributed by atoms with Crippen LogP contribution in [0.5, 0.6) is 11.5 Å². The summed E-state index contributed by atoms with van der Waals surface area (Å²) in [7, 11) is 0. The summed E-state index contributed by atoms with van der Waals surface area (Å²) in [5.74, 6) is -0.555. The van der Waals surface area contributed by atoms with Crippen molar-refractivity contribution >= 4 is 27.8 Å². The quantitative estimate of drug-likeness (QED) is 0.876. The molecule has 102 valence electrons. The highest BCUT2D eigenvalue weighted by Gasteiger charge is 2.21. The Balaban J connectivity index is 2.23. The highest BCUT2D eigenvalue weighted by Crippen LogP contribution is 2.38. The lowest BCUT2D eigenvalue weighted by Crippen LogP contribution is -2.38. The number of carboxylic acids is 1. The van der Waals surface area contributed by atoms with Crippen molar-refractivity contribution in [2.24, 2.45) is 0 Å². The van der Waals surface area contributed by atoms with E-state index >= 15 is 0 Å². The predicted octanol–water partition coefficient (Wildman–Crippen LogP) is 1.42. The molecule has 0 spiro atoms. The number of hydrogen-bond donors (Lipinski definition) is 2. The van der Waals surface area contributed by atoms with E-state index in [1.54, 1.807) is 6.07 Å². The second kappa shape index (κ2) is 5.48. The van der Waals surface area contributed by atoms with E-state index in [9.17, 15) is 9.59 Å². The average molecular weight is 330 g/mol. The Hall–Kier alpha value is -1.76. The molecule has 2 rings (SSSR count). The lowest BCUT2D eigenvalue weighted by Gasteiger charge is -2.20. The van der Waals surface area contributed by atoms with Crippen LogP contribution in [0.3, 0.4) is 0 Å². The summed E-state index contributed by atoms with van der Waals surface area (Å²) in [4.78, 5) is 22.6. The van der Waals surface area contributed by atoms with E-state index in [2.05, 4.69) is 21.2 Å². The van der Waals surface area contributed by atoms with Gasteiger partial charge in [0.25, 0.3) is 5.91 Å². The summed E-state index contributed by atoms with van der Waals surface area (Å²) in [6.07, 6.45) is 0. The molecule has 1 aliphatic rings. The van der Waals surface area contributed by atoms with Crippen LogP contribution in [0.15, 0.2) is 16.6 Å². The third kappa shape index (κ3) is 2.98. The van der Waals surface area contributed by atoms with E-state index in [-0.39, 0.29) is 0 Å². The van der Waals surface area contributed by atoms with Gasteiger partial charge in [-0.2, -0.15) is 0 Å². The van der Waals surface area contributed by atoms with Gasteiger partial charge in [0.1, 0.15) is 19.3 Å². The number of hydrogen-bond acceptors (Lipinski definition) is 4. The monoisotopic (exact) mass is 329 g/mol. The summed E-state index contributed by atoms with van der Waals surface area (Å²) >= 11 is 3.29. The van der Waals surface area contributed by atoms with Crippen LogP contribution in [0.4, 0.5) is 0 Å². The van der Waals surface area contributed by atoms with Gasteiger partial charge in [0.05, 0.1) is 4.47 Å². The first-order valence-corrected chi connectivity index (χ1v) is 6.41. The fourth-order valence-corrected chi connectivity index (χ4v) is 2.14. The molecule has 0 unspecified atom stereocenters. The van der Waals surface area contributed by atoms with Crippen LogP contribution in [-0.4, -0.2) is 36.2 Å². The molecule has 6 nitrogen and oxygen atoms in total. The molecular weight excluding hydrogens is 318 g/mol. The topological polar surface area (TPSA) is 84.9 Å². The largest absolute Gasteiger partial charge is 0.486 e. The van der Waals surface area contributed by atoms with Gasteiger partial charge in [-0.3, -0.25) is 9.59 Å². The molecule has 7 heteroatoms. The first-order chi connectivity index (χ1) is 8.99. The first-order valence-electron chi connectivity index (χ1n) is 5.62. The van der Waals surface area contributed by atoms with Gasteiger partial charge < -0.3 is 19.9 Å². The maximum Gasteiger partial charge on any atom is 0.325 e. The standard InChI is InChI=1S/C12H12BrNO5/c1-6(12(16)17)14-11(15)7-4-8(13)10-9(5-7)18-2-3-19-10/h4-6H,2-3H2,1H3,(H,14,15)(H,16,17)/t6-/m1/s1. The molecule has 1 atom stereocenters. The van der Waals surface area contributed by atoms with E-state index in [0.717, 1.165) is 0 Å². The lowest BCUT2D eigenvalue weighted by molar-refractivity contribution is -0.138. The van der Waals surface area contributed by atoms with Crippen molar-refractivity contribution < 1.29 is 24.2 Å². The molecule has 1 aromatic rings. The van der Waals surface area contributed by atoms with Gasteiger partial charge in [-0.05, 0) is 35.0 Å². The number of rotatable bonds is 3. The summed E-state index contributed by atoms with van der Waals surface area (Å²) in [5, 5.41) is 11.1. The van der Waals surface area contributed by atoms with Crippen molar-refractivity contribution in [3.8, 4) is 11.5 Å². The number of benzene rings is 1. The lowest BCUT2D eigenvalue weighted by atomic mass is 10.1. The smallest absolute Gasteiger partial charge is 0.325 e. The Morgan fingerprint density at radius 1 is 1.37 bits per heavy atom. The molecular formula is C12H12BrNO5. The molecule has 2 N–H and O–H groups in total. The number of carbonyl (C=O) groups is 2. The second-order valence-electron chi connectivity index (χ2n) is 4.02. The number of ether oxygens (including phenoxy) is 2. The summed E-state index contributed by atoms with van der Waals surface area (Å²) in [6, 6.07) is 2.14. The van der Waals surface area contributed by atoms with Crippen LogP contribution in [0.1, 0.15) is 17.3 Å². The average Bonchev–Trinajstić information content (AvgIpc) is 2.38. The molecule has 0 bridgehead atoms. The Kier molecular flexibility index (Phi) is 3.94. The maximum absolute atomic E-state index is 11.9. The van der Waals surface area contributed by atoms with Crippen LogP contribution in [-0.2, 0) is 4.79 Å². The molecule has 0 radical (unpaired) electrons. The minimum Gasteiger partial charge on any atom is -0.486 e. The van der Waals surface area contributed by atoms with Crippen LogP contribution in [0.2, 0.25) is 0 Å². The highest BCUT2D eigenvalue weighted by atomic mass is 79.9.